The van der Waals surface area contributed by atoms with Crippen molar-refractivity contribution < 1.29 is 17.6 Å². The van der Waals surface area contributed by atoms with Gasteiger partial charge in [-0.25, -0.2) is 0 Å². The van der Waals surface area contributed by atoms with Gasteiger partial charge in [-0.3, -0.25) is 4.31 Å². The van der Waals surface area contributed by atoms with Gasteiger partial charge in [-0.05, 0) is 50.6 Å². The fraction of sp³-hybridized carbons (Fsp3) is 0.333. The van der Waals surface area contributed by atoms with E-state index in [2.05, 4.69) is 0 Å². The highest BCUT2D eigenvalue weighted by molar-refractivity contribution is 7.92. The quantitative estimate of drug-likeness (QED) is 0.856. The predicted octanol–water partition coefficient (Wildman–Crippen LogP) is 2.87. The molecule has 2 aromatic rings. The molecule has 1 atom stereocenters. The fourth-order valence-corrected chi connectivity index (χ4v) is 3.90. The van der Waals surface area contributed by atoms with Crippen LogP contribution in [0.15, 0.2) is 39.8 Å². The van der Waals surface area contributed by atoms with Crippen LogP contribution >= 0.6 is 0 Å². The van der Waals surface area contributed by atoms with E-state index in [1.807, 2.05) is 26.0 Å². The van der Waals surface area contributed by atoms with Crippen LogP contribution in [0.1, 0.15) is 18.2 Å². The number of furan rings is 1. The molecule has 2 heterocycles. The van der Waals surface area contributed by atoms with Gasteiger partial charge in [0, 0.05) is 0 Å². The van der Waals surface area contributed by atoms with Crippen molar-refractivity contribution in [3.8, 4) is 5.75 Å². The van der Waals surface area contributed by atoms with Crippen molar-refractivity contribution in [1.82, 2.24) is 0 Å². The van der Waals surface area contributed by atoms with Gasteiger partial charge in [0.15, 0.2) is 0 Å². The third kappa shape index (κ3) is 2.40. The summed E-state index contributed by atoms with van der Waals surface area (Å²) in [4.78, 5) is 0. The minimum absolute atomic E-state index is 0.0411. The second-order valence-corrected chi connectivity index (χ2v) is 7.09. The largest absolute Gasteiger partial charge is 0.487 e. The van der Waals surface area contributed by atoms with Crippen LogP contribution in [0.25, 0.3) is 0 Å². The summed E-state index contributed by atoms with van der Waals surface area (Å²) in [6, 6.07) is 8.62. The lowest BCUT2D eigenvalue weighted by atomic mass is 10.2. The lowest BCUT2D eigenvalue weighted by Crippen LogP contribution is -2.42. The van der Waals surface area contributed by atoms with Crippen molar-refractivity contribution in [3.05, 3.63) is 41.7 Å². The predicted molar refractivity (Wildman–Crippen MR) is 79.2 cm³/mol. The molecular formula is C15H17NO4S. The van der Waals surface area contributed by atoms with E-state index in [-0.39, 0.29) is 17.7 Å². The zero-order chi connectivity index (χ0) is 15.2. The number of hydrogen-bond acceptors (Lipinski definition) is 4. The van der Waals surface area contributed by atoms with Crippen LogP contribution in [-0.2, 0) is 10.0 Å². The van der Waals surface area contributed by atoms with Crippen molar-refractivity contribution in [2.45, 2.75) is 32.0 Å². The highest BCUT2D eigenvalue weighted by Gasteiger charge is 2.34. The van der Waals surface area contributed by atoms with Gasteiger partial charge in [-0.1, -0.05) is 6.07 Å². The van der Waals surface area contributed by atoms with Gasteiger partial charge < -0.3 is 9.15 Å². The molecule has 1 aromatic carbocycles. The first-order chi connectivity index (χ1) is 9.88. The number of sulfonamides is 1. The summed E-state index contributed by atoms with van der Waals surface area (Å²) in [7, 11) is -3.71. The smallest absolute Gasteiger partial charge is 0.298 e. The van der Waals surface area contributed by atoms with Gasteiger partial charge in [0.2, 0.25) is 5.09 Å². The zero-order valence-corrected chi connectivity index (χ0v) is 13.0. The summed E-state index contributed by atoms with van der Waals surface area (Å²) in [6.07, 6.45) is -0.217. The molecule has 0 radical (unpaired) electrons. The molecule has 1 unspecified atom stereocenters. The summed E-state index contributed by atoms with van der Waals surface area (Å²) in [5, 5.41) is -0.0411. The van der Waals surface area contributed by atoms with E-state index in [0.717, 1.165) is 5.56 Å². The summed E-state index contributed by atoms with van der Waals surface area (Å²) in [5.41, 5.74) is 1.57. The minimum Gasteiger partial charge on any atom is -0.487 e. The maximum atomic E-state index is 12.8. The van der Waals surface area contributed by atoms with Crippen LogP contribution in [0.3, 0.4) is 0 Å². The summed E-state index contributed by atoms with van der Waals surface area (Å²) < 4.78 is 37.9. The lowest BCUT2D eigenvalue weighted by molar-refractivity contribution is 0.219. The van der Waals surface area contributed by atoms with Crippen molar-refractivity contribution >= 4 is 15.7 Å². The molecule has 0 N–H and O–H groups in total. The first-order valence-electron chi connectivity index (χ1n) is 6.74. The highest BCUT2D eigenvalue weighted by Crippen LogP contribution is 2.37. The van der Waals surface area contributed by atoms with Crippen molar-refractivity contribution in [2.75, 3.05) is 10.8 Å². The Morgan fingerprint density at radius 1 is 1.19 bits per heavy atom. The Hall–Kier alpha value is -1.95. The average Bonchev–Trinajstić information content (AvgIpc) is 2.84. The van der Waals surface area contributed by atoms with Crippen molar-refractivity contribution in [2.24, 2.45) is 0 Å². The van der Waals surface area contributed by atoms with E-state index >= 15 is 0 Å². The van der Waals surface area contributed by atoms with Crippen LogP contribution in [0.2, 0.25) is 0 Å². The van der Waals surface area contributed by atoms with E-state index in [1.54, 1.807) is 19.1 Å². The molecule has 112 valence electrons. The Kier molecular flexibility index (Phi) is 3.20. The Morgan fingerprint density at radius 3 is 2.62 bits per heavy atom. The third-order valence-electron chi connectivity index (χ3n) is 3.40. The van der Waals surface area contributed by atoms with Gasteiger partial charge in [-0.2, -0.15) is 8.42 Å². The van der Waals surface area contributed by atoms with Crippen LogP contribution in [0.5, 0.6) is 5.75 Å². The number of fused-ring (bicyclic) bond motifs is 1. The maximum Gasteiger partial charge on any atom is 0.298 e. The standard InChI is InChI=1S/C15H17NO4S/c1-10-4-6-13-14(8-10)19-12(3)9-16(13)21(17,18)15-7-5-11(2)20-15/h4-8,12H,9H2,1-3H3. The van der Waals surface area contributed by atoms with Gasteiger partial charge in [0.25, 0.3) is 10.0 Å². The SMILES string of the molecule is Cc1ccc2c(c1)OC(C)CN2S(=O)(=O)c1ccc(C)o1. The molecule has 0 saturated carbocycles. The van der Waals surface area contributed by atoms with E-state index in [0.29, 0.717) is 17.2 Å². The number of benzene rings is 1. The Balaban J connectivity index is 2.11. The molecule has 1 aliphatic rings. The summed E-state index contributed by atoms with van der Waals surface area (Å²) >= 11 is 0. The maximum absolute atomic E-state index is 12.8. The second-order valence-electron chi connectivity index (χ2n) is 5.30. The van der Waals surface area contributed by atoms with Gasteiger partial charge in [0.05, 0.1) is 12.2 Å². The first-order valence-corrected chi connectivity index (χ1v) is 8.18. The lowest BCUT2D eigenvalue weighted by Gasteiger charge is -2.33. The van der Waals surface area contributed by atoms with E-state index in [4.69, 9.17) is 9.15 Å². The molecule has 0 aliphatic carbocycles. The molecule has 6 heteroatoms. The average molecular weight is 307 g/mol. The van der Waals surface area contributed by atoms with Gasteiger partial charge >= 0.3 is 0 Å². The number of anilines is 1. The normalized spacial score (nSPS) is 18.2. The van der Waals surface area contributed by atoms with Crippen LogP contribution in [-0.4, -0.2) is 21.1 Å². The summed E-state index contributed by atoms with van der Waals surface area (Å²) in [6.45, 7) is 5.77. The fourth-order valence-electron chi connectivity index (χ4n) is 2.39. The molecular weight excluding hydrogens is 290 g/mol. The number of nitrogens with zero attached hydrogens (tertiary/aromatic N) is 1. The minimum atomic E-state index is -3.71. The van der Waals surface area contributed by atoms with Crippen LogP contribution in [0, 0.1) is 13.8 Å². The van der Waals surface area contributed by atoms with E-state index in [9.17, 15) is 8.42 Å². The van der Waals surface area contributed by atoms with Gasteiger partial charge in [-0.15, -0.1) is 0 Å². The molecule has 5 nitrogen and oxygen atoms in total. The highest BCUT2D eigenvalue weighted by atomic mass is 32.2. The van der Waals surface area contributed by atoms with Crippen molar-refractivity contribution in [3.63, 3.8) is 0 Å². The van der Waals surface area contributed by atoms with Crippen LogP contribution in [0.4, 0.5) is 5.69 Å². The van der Waals surface area contributed by atoms with Crippen LogP contribution < -0.4 is 9.04 Å². The molecule has 1 aliphatic heterocycles. The second kappa shape index (κ2) is 4.80. The third-order valence-corrected chi connectivity index (χ3v) is 5.05. The molecule has 0 amide bonds. The van der Waals surface area contributed by atoms with Crippen molar-refractivity contribution in [1.29, 1.82) is 0 Å². The molecule has 1 aromatic heterocycles. The van der Waals surface area contributed by atoms with E-state index in [1.165, 1.54) is 10.4 Å². The van der Waals surface area contributed by atoms with Gasteiger partial charge in [0.1, 0.15) is 17.6 Å². The van der Waals surface area contributed by atoms with E-state index < -0.39 is 10.0 Å². The molecule has 21 heavy (non-hydrogen) atoms. The molecule has 0 spiro atoms. The first kappa shape index (κ1) is 14.0. The molecule has 0 fully saturated rings. The number of rotatable bonds is 2. The Labute approximate surface area is 124 Å². The Morgan fingerprint density at radius 2 is 1.95 bits per heavy atom. The Bertz CT molecular complexity index is 779. The molecule has 3 rings (SSSR count). The topological polar surface area (TPSA) is 59.8 Å². The number of aryl methyl sites for hydroxylation is 2. The number of hydrogen-bond donors (Lipinski definition) is 0. The molecule has 0 saturated heterocycles. The number of ether oxygens (including phenoxy) is 1. The zero-order valence-electron chi connectivity index (χ0n) is 12.2. The molecule has 0 bridgehead atoms. The summed E-state index contributed by atoms with van der Waals surface area (Å²) in [5.74, 6) is 1.15. The monoisotopic (exact) mass is 307 g/mol.